The third-order valence-corrected chi connectivity index (χ3v) is 6.90. The zero-order valence-corrected chi connectivity index (χ0v) is 21.2. The Bertz CT molecular complexity index is 761. The highest BCUT2D eigenvalue weighted by molar-refractivity contribution is 7.14. The minimum Gasteiger partial charge on any atom is -0.494 e. The zero-order chi connectivity index (χ0) is 23.6. The summed E-state index contributed by atoms with van der Waals surface area (Å²) in [7, 11) is 0. The number of aryl methyl sites for hydroxylation is 1. The van der Waals surface area contributed by atoms with Crippen molar-refractivity contribution in [2.75, 3.05) is 6.61 Å². The van der Waals surface area contributed by atoms with Crippen LogP contribution < -0.4 is 4.74 Å². The van der Waals surface area contributed by atoms with E-state index in [4.69, 9.17) is 9.84 Å². The van der Waals surface area contributed by atoms with Crippen molar-refractivity contribution in [3.05, 3.63) is 29.3 Å². The summed E-state index contributed by atoms with van der Waals surface area (Å²) in [6, 6.07) is 7.79. The molecule has 0 aliphatic heterocycles. The summed E-state index contributed by atoms with van der Waals surface area (Å²) in [5.41, 5.74) is 1.04. The minimum atomic E-state index is -0.792. The van der Waals surface area contributed by atoms with Gasteiger partial charge in [0.05, 0.1) is 6.61 Å². The van der Waals surface area contributed by atoms with E-state index >= 15 is 0 Å². The normalized spacial score (nSPS) is 11.1. The van der Waals surface area contributed by atoms with E-state index < -0.39 is 5.97 Å². The van der Waals surface area contributed by atoms with Crippen molar-refractivity contribution in [2.45, 2.75) is 110 Å². The van der Waals surface area contributed by atoms with Crippen LogP contribution in [0.4, 0.5) is 0 Å². The standard InChI is InChI=1S/C27H42N2O3S/c1-2-3-4-5-6-7-8-9-10-11-12-13-14-16-25-28-29-27(33-25)23-18-20-24(21-19-23)32-22-15-17-26(30)31/h18-21H,2-17,22H2,1H3,(H,30,31). The monoisotopic (exact) mass is 474 g/mol. The zero-order valence-electron chi connectivity index (χ0n) is 20.4. The van der Waals surface area contributed by atoms with Crippen molar-refractivity contribution < 1.29 is 14.6 Å². The number of hydrogen-bond donors (Lipinski definition) is 1. The number of carbonyl (C=O) groups is 1. The molecule has 0 aliphatic rings. The molecule has 5 nitrogen and oxygen atoms in total. The number of carboxylic acid groups (broad SMARTS) is 1. The average Bonchev–Trinajstić information content (AvgIpc) is 3.29. The van der Waals surface area contributed by atoms with Gasteiger partial charge in [-0.25, -0.2) is 0 Å². The molecule has 33 heavy (non-hydrogen) atoms. The highest BCUT2D eigenvalue weighted by Gasteiger charge is 2.07. The Balaban J connectivity index is 1.52. The first-order valence-corrected chi connectivity index (χ1v) is 13.8. The molecule has 1 aromatic carbocycles. The second-order valence-corrected chi connectivity index (χ2v) is 9.93. The summed E-state index contributed by atoms with van der Waals surface area (Å²) < 4.78 is 5.59. The van der Waals surface area contributed by atoms with E-state index in [-0.39, 0.29) is 6.42 Å². The van der Waals surface area contributed by atoms with Gasteiger partial charge in [0.1, 0.15) is 15.8 Å². The van der Waals surface area contributed by atoms with Crippen molar-refractivity contribution in [1.82, 2.24) is 10.2 Å². The first-order chi connectivity index (χ1) is 16.2. The van der Waals surface area contributed by atoms with Crippen LogP contribution in [0, 0.1) is 0 Å². The first-order valence-electron chi connectivity index (χ1n) is 13.0. The molecule has 0 saturated carbocycles. The number of unbranched alkanes of at least 4 members (excludes halogenated alkanes) is 12. The third kappa shape index (κ3) is 12.8. The lowest BCUT2D eigenvalue weighted by Gasteiger charge is -2.05. The molecule has 1 aromatic heterocycles. The molecule has 2 rings (SSSR count). The Kier molecular flexibility index (Phi) is 14.5. The molecule has 2 aromatic rings. The van der Waals surface area contributed by atoms with Gasteiger partial charge in [0.15, 0.2) is 0 Å². The summed E-state index contributed by atoms with van der Waals surface area (Å²) in [6.07, 6.45) is 19.5. The second kappa shape index (κ2) is 17.5. The first kappa shape index (κ1) is 27.3. The second-order valence-electron chi connectivity index (χ2n) is 8.86. The van der Waals surface area contributed by atoms with Crippen LogP contribution in [-0.2, 0) is 11.2 Å². The van der Waals surface area contributed by atoms with Gasteiger partial charge in [0, 0.05) is 18.4 Å². The minimum absolute atomic E-state index is 0.130. The Labute approximate surface area is 204 Å². The fourth-order valence-corrected chi connectivity index (χ4v) is 4.76. The molecule has 1 heterocycles. The SMILES string of the molecule is CCCCCCCCCCCCCCCc1nnc(-c2ccc(OCCCC(=O)O)cc2)s1. The molecule has 0 aliphatic carbocycles. The fraction of sp³-hybridized carbons (Fsp3) is 0.667. The van der Waals surface area contributed by atoms with E-state index in [2.05, 4.69) is 17.1 Å². The molecule has 0 saturated heterocycles. The molecule has 1 N–H and O–H groups in total. The van der Waals surface area contributed by atoms with Gasteiger partial charge in [-0.1, -0.05) is 95.3 Å². The number of rotatable bonds is 20. The van der Waals surface area contributed by atoms with Crippen molar-refractivity contribution in [3.8, 4) is 16.3 Å². The molecular weight excluding hydrogens is 432 g/mol. The predicted octanol–water partition coefficient (Wildman–Crippen LogP) is 8.08. The number of benzene rings is 1. The maximum absolute atomic E-state index is 10.5. The smallest absolute Gasteiger partial charge is 0.303 e. The highest BCUT2D eigenvalue weighted by atomic mass is 32.1. The molecule has 0 spiro atoms. The molecule has 184 valence electrons. The van der Waals surface area contributed by atoms with E-state index in [0.717, 1.165) is 27.7 Å². The highest BCUT2D eigenvalue weighted by Crippen LogP contribution is 2.26. The fourth-order valence-electron chi connectivity index (χ4n) is 3.87. The van der Waals surface area contributed by atoms with Crippen LogP contribution in [0.15, 0.2) is 24.3 Å². The Morgan fingerprint density at radius 3 is 1.97 bits per heavy atom. The molecule has 0 fully saturated rings. The van der Waals surface area contributed by atoms with E-state index in [1.54, 1.807) is 11.3 Å². The van der Waals surface area contributed by atoms with Crippen molar-refractivity contribution in [3.63, 3.8) is 0 Å². The average molecular weight is 475 g/mol. The number of carboxylic acids is 1. The van der Waals surface area contributed by atoms with Gasteiger partial charge in [-0.05, 0) is 37.1 Å². The Morgan fingerprint density at radius 1 is 0.818 bits per heavy atom. The summed E-state index contributed by atoms with van der Waals surface area (Å²) in [5.74, 6) is -0.0410. The number of hydrogen-bond acceptors (Lipinski definition) is 5. The van der Waals surface area contributed by atoms with E-state index in [1.165, 1.54) is 83.5 Å². The predicted molar refractivity (Wildman–Crippen MR) is 137 cm³/mol. The van der Waals surface area contributed by atoms with E-state index in [9.17, 15) is 4.79 Å². The topological polar surface area (TPSA) is 72.3 Å². The number of nitrogens with zero attached hydrogens (tertiary/aromatic N) is 2. The van der Waals surface area contributed by atoms with Crippen LogP contribution in [0.2, 0.25) is 0 Å². The van der Waals surface area contributed by atoms with Gasteiger partial charge < -0.3 is 9.84 Å². The lowest BCUT2D eigenvalue weighted by Crippen LogP contribution is -2.01. The third-order valence-electron chi connectivity index (χ3n) is 5.87. The van der Waals surface area contributed by atoms with Crippen LogP contribution in [0.25, 0.3) is 10.6 Å². The molecule has 0 radical (unpaired) electrons. The molecule has 0 amide bonds. The van der Waals surface area contributed by atoms with E-state index in [1.807, 2.05) is 24.3 Å². The van der Waals surface area contributed by atoms with Crippen molar-refractivity contribution in [1.29, 1.82) is 0 Å². The number of ether oxygens (including phenoxy) is 1. The van der Waals surface area contributed by atoms with Gasteiger partial charge in [-0.15, -0.1) is 10.2 Å². The van der Waals surface area contributed by atoms with Gasteiger partial charge in [-0.3, -0.25) is 4.79 Å². The van der Waals surface area contributed by atoms with Gasteiger partial charge in [0.25, 0.3) is 0 Å². The van der Waals surface area contributed by atoms with Crippen LogP contribution in [0.1, 0.15) is 108 Å². The van der Waals surface area contributed by atoms with E-state index in [0.29, 0.717) is 13.0 Å². The molecule has 0 atom stereocenters. The Morgan fingerprint density at radius 2 is 1.39 bits per heavy atom. The van der Waals surface area contributed by atoms with Gasteiger partial charge >= 0.3 is 5.97 Å². The molecule has 6 heteroatoms. The largest absolute Gasteiger partial charge is 0.494 e. The van der Waals surface area contributed by atoms with Crippen LogP contribution >= 0.6 is 11.3 Å². The molecule has 0 unspecified atom stereocenters. The summed E-state index contributed by atoms with van der Waals surface area (Å²) in [4.78, 5) is 10.5. The van der Waals surface area contributed by atoms with Crippen LogP contribution in [0.3, 0.4) is 0 Å². The molecule has 0 bridgehead atoms. The number of aromatic nitrogens is 2. The van der Waals surface area contributed by atoms with Crippen molar-refractivity contribution >= 4 is 17.3 Å². The van der Waals surface area contributed by atoms with Crippen LogP contribution in [0.5, 0.6) is 5.75 Å². The summed E-state index contributed by atoms with van der Waals surface area (Å²) in [5, 5.41) is 19.4. The summed E-state index contributed by atoms with van der Waals surface area (Å²) in [6.45, 7) is 2.69. The van der Waals surface area contributed by atoms with Gasteiger partial charge in [-0.2, -0.15) is 0 Å². The van der Waals surface area contributed by atoms with Gasteiger partial charge in [0.2, 0.25) is 0 Å². The summed E-state index contributed by atoms with van der Waals surface area (Å²) >= 11 is 1.67. The quantitative estimate of drug-likeness (QED) is 0.196. The molecular formula is C27H42N2O3S. The lowest BCUT2D eigenvalue weighted by atomic mass is 10.0. The maximum Gasteiger partial charge on any atom is 0.303 e. The Hall–Kier alpha value is -1.95. The van der Waals surface area contributed by atoms with Crippen molar-refractivity contribution in [2.24, 2.45) is 0 Å². The number of aliphatic carboxylic acids is 1. The maximum atomic E-state index is 10.5. The lowest BCUT2D eigenvalue weighted by molar-refractivity contribution is -0.137. The van der Waals surface area contributed by atoms with Crippen LogP contribution in [-0.4, -0.2) is 27.9 Å².